The molecular weight excluding hydrogens is 196 g/mol. The largest absolute Gasteiger partial charge is 0.386 e. The van der Waals surface area contributed by atoms with Crippen LogP contribution in [0.25, 0.3) is 0 Å². The summed E-state index contributed by atoms with van der Waals surface area (Å²) in [5.41, 5.74) is 7.71. The predicted octanol–water partition coefficient (Wildman–Crippen LogP) is 2.13. The molecule has 0 saturated heterocycles. The second-order valence-electron chi connectivity index (χ2n) is 5.11. The molecule has 1 aliphatic heterocycles. The van der Waals surface area contributed by atoms with Crippen LogP contribution in [0.4, 0.5) is 0 Å². The molecule has 0 amide bonds. The molecule has 16 heavy (non-hydrogen) atoms. The number of hydrogen-bond acceptors (Lipinski definition) is 2. The van der Waals surface area contributed by atoms with Gasteiger partial charge in [0.15, 0.2) is 0 Å². The number of rotatable bonds is 3. The standard InChI is InChI=1S/C14H18N2/c15-13-8-11(10-16-13)9-14(6-7-14)12-4-2-1-3-5-12/h1-5,8,11,16H,6-7,9-10,15H2/t11-/m1/s1. The van der Waals surface area contributed by atoms with Crippen molar-refractivity contribution in [2.45, 2.75) is 24.7 Å². The molecule has 1 atom stereocenters. The lowest BCUT2D eigenvalue weighted by Crippen LogP contribution is -2.19. The number of nitrogens with two attached hydrogens (primary N) is 1. The van der Waals surface area contributed by atoms with Gasteiger partial charge in [-0.25, -0.2) is 0 Å². The Morgan fingerprint density at radius 3 is 2.56 bits per heavy atom. The monoisotopic (exact) mass is 214 g/mol. The highest BCUT2D eigenvalue weighted by molar-refractivity contribution is 5.31. The molecule has 0 aromatic heterocycles. The van der Waals surface area contributed by atoms with Crippen molar-refractivity contribution >= 4 is 0 Å². The van der Waals surface area contributed by atoms with Crippen molar-refractivity contribution < 1.29 is 0 Å². The Balaban J connectivity index is 1.75. The van der Waals surface area contributed by atoms with Gasteiger partial charge in [0, 0.05) is 6.54 Å². The molecule has 0 unspecified atom stereocenters. The Labute approximate surface area is 96.5 Å². The van der Waals surface area contributed by atoms with Gasteiger partial charge in [0.05, 0.1) is 5.82 Å². The molecule has 1 heterocycles. The number of hydrogen-bond donors (Lipinski definition) is 2. The van der Waals surface area contributed by atoms with Crippen LogP contribution in [0.3, 0.4) is 0 Å². The second kappa shape index (κ2) is 3.55. The smallest absolute Gasteiger partial charge is 0.0922 e. The van der Waals surface area contributed by atoms with Gasteiger partial charge < -0.3 is 11.1 Å². The third kappa shape index (κ3) is 1.69. The highest BCUT2D eigenvalue weighted by atomic mass is 15.0. The van der Waals surface area contributed by atoms with Crippen LogP contribution in [0, 0.1) is 5.92 Å². The van der Waals surface area contributed by atoms with Crippen LogP contribution in [0.15, 0.2) is 42.2 Å². The third-order valence-electron chi connectivity index (χ3n) is 3.88. The quantitative estimate of drug-likeness (QED) is 0.809. The summed E-state index contributed by atoms with van der Waals surface area (Å²) in [4.78, 5) is 0. The van der Waals surface area contributed by atoms with E-state index in [1.54, 1.807) is 0 Å². The molecule has 1 fully saturated rings. The van der Waals surface area contributed by atoms with Crippen molar-refractivity contribution in [1.29, 1.82) is 0 Å². The molecule has 0 radical (unpaired) electrons. The van der Waals surface area contributed by atoms with E-state index < -0.39 is 0 Å². The maximum absolute atomic E-state index is 5.75. The van der Waals surface area contributed by atoms with Crippen LogP contribution in [0.2, 0.25) is 0 Å². The average Bonchev–Trinajstić information content (AvgIpc) is 2.98. The van der Waals surface area contributed by atoms with Gasteiger partial charge in [-0.05, 0) is 42.2 Å². The van der Waals surface area contributed by atoms with Gasteiger partial charge in [0.1, 0.15) is 0 Å². The van der Waals surface area contributed by atoms with Crippen LogP contribution < -0.4 is 11.1 Å². The lowest BCUT2D eigenvalue weighted by Gasteiger charge is -2.18. The molecule has 1 saturated carbocycles. The summed E-state index contributed by atoms with van der Waals surface area (Å²) < 4.78 is 0. The van der Waals surface area contributed by atoms with Gasteiger partial charge in [-0.1, -0.05) is 30.3 Å². The van der Waals surface area contributed by atoms with Gasteiger partial charge in [-0.15, -0.1) is 0 Å². The number of benzene rings is 1. The normalized spacial score (nSPS) is 26.0. The maximum Gasteiger partial charge on any atom is 0.0922 e. The van der Waals surface area contributed by atoms with Crippen LogP contribution in [0.5, 0.6) is 0 Å². The fraction of sp³-hybridized carbons (Fsp3) is 0.429. The molecule has 1 aromatic carbocycles. The van der Waals surface area contributed by atoms with Gasteiger partial charge in [-0.2, -0.15) is 0 Å². The molecule has 2 nitrogen and oxygen atoms in total. The van der Waals surface area contributed by atoms with E-state index in [9.17, 15) is 0 Å². The summed E-state index contributed by atoms with van der Waals surface area (Å²) >= 11 is 0. The maximum atomic E-state index is 5.75. The summed E-state index contributed by atoms with van der Waals surface area (Å²) in [6.45, 7) is 1.01. The second-order valence-corrected chi connectivity index (χ2v) is 5.11. The minimum absolute atomic E-state index is 0.453. The van der Waals surface area contributed by atoms with Crippen molar-refractivity contribution in [2.24, 2.45) is 11.7 Å². The Morgan fingerprint density at radius 2 is 2.00 bits per heavy atom. The van der Waals surface area contributed by atoms with E-state index in [1.165, 1.54) is 24.8 Å². The van der Waals surface area contributed by atoms with E-state index in [1.807, 2.05) is 0 Å². The highest BCUT2D eigenvalue weighted by Crippen LogP contribution is 2.52. The first kappa shape index (κ1) is 9.76. The van der Waals surface area contributed by atoms with Crippen molar-refractivity contribution in [3.8, 4) is 0 Å². The first-order valence-electron chi connectivity index (χ1n) is 6.05. The molecule has 3 N–H and O–H groups in total. The Kier molecular flexibility index (Phi) is 2.16. The summed E-state index contributed by atoms with van der Waals surface area (Å²) in [5.74, 6) is 1.47. The van der Waals surface area contributed by atoms with E-state index in [0.29, 0.717) is 11.3 Å². The van der Waals surface area contributed by atoms with Crippen LogP contribution in [-0.2, 0) is 5.41 Å². The predicted molar refractivity (Wildman–Crippen MR) is 65.7 cm³/mol. The molecule has 3 rings (SSSR count). The van der Waals surface area contributed by atoms with E-state index in [-0.39, 0.29) is 0 Å². The lowest BCUT2D eigenvalue weighted by molar-refractivity contribution is 0.500. The fourth-order valence-corrected chi connectivity index (χ4v) is 2.81. The zero-order valence-corrected chi connectivity index (χ0v) is 9.45. The molecule has 0 spiro atoms. The van der Waals surface area contributed by atoms with Crippen LogP contribution in [0.1, 0.15) is 24.8 Å². The summed E-state index contributed by atoms with van der Waals surface area (Å²) in [5, 5.41) is 3.21. The average molecular weight is 214 g/mol. The van der Waals surface area contributed by atoms with Crippen LogP contribution >= 0.6 is 0 Å². The minimum atomic E-state index is 0.453. The van der Waals surface area contributed by atoms with E-state index in [4.69, 9.17) is 5.73 Å². The SMILES string of the molecule is NC1=C[C@H](CC2(c3ccccc3)CC2)CN1. The molecule has 0 bridgehead atoms. The van der Waals surface area contributed by atoms with Gasteiger partial charge in [-0.3, -0.25) is 0 Å². The van der Waals surface area contributed by atoms with Crippen molar-refractivity contribution in [2.75, 3.05) is 6.54 Å². The van der Waals surface area contributed by atoms with E-state index in [0.717, 1.165) is 12.4 Å². The fourth-order valence-electron chi connectivity index (χ4n) is 2.81. The molecule has 1 aromatic rings. The molecule has 2 aliphatic rings. The Morgan fingerprint density at radius 1 is 1.25 bits per heavy atom. The number of nitrogens with one attached hydrogen (secondary N) is 1. The van der Waals surface area contributed by atoms with Gasteiger partial charge in [0.2, 0.25) is 0 Å². The summed E-state index contributed by atoms with van der Waals surface area (Å²) in [6, 6.07) is 10.9. The molecule has 1 aliphatic carbocycles. The molecule has 84 valence electrons. The van der Waals surface area contributed by atoms with Crippen molar-refractivity contribution in [1.82, 2.24) is 5.32 Å². The van der Waals surface area contributed by atoms with Gasteiger partial charge in [0.25, 0.3) is 0 Å². The Hall–Kier alpha value is -1.44. The molecule has 2 heteroatoms. The zero-order chi connectivity index (χ0) is 11.0. The highest BCUT2D eigenvalue weighted by Gasteiger charge is 2.45. The Bertz CT molecular complexity index is 404. The lowest BCUT2D eigenvalue weighted by atomic mass is 9.86. The molecular formula is C14H18N2. The van der Waals surface area contributed by atoms with Crippen molar-refractivity contribution in [3.63, 3.8) is 0 Å². The van der Waals surface area contributed by atoms with E-state index >= 15 is 0 Å². The van der Waals surface area contributed by atoms with Crippen molar-refractivity contribution in [3.05, 3.63) is 47.8 Å². The first-order chi connectivity index (χ1) is 7.78. The summed E-state index contributed by atoms with van der Waals surface area (Å²) in [7, 11) is 0. The summed E-state index contributed by atoms with van der Waals surface area (Å²) in [6.07, 6.45) is 6.09. The third-order valence-corrected chi connectivity index (χ3v) is 3.88. The topological polar surface area (TPSA) is 38.0 Å². The van der Waals surface area contributed by atoms with E-state index in [2.05, 4.69) is 41.7 Å². The van der Waals surface area contributed by atoms with Crippen LogP contribution in [-0.4, -0.2) is 6.54 Å². The van der Waals surface area contributed by atoms with Gasteiger partial charge >= 0.3 is 0 Å². The zero-order valence-electron chi connectivity index (χ0n) is 9.45. The first-order valence-corrected chi connectivity index (χ1v) is 6.05. The minimum Gasteiger partial charge on any atom is -0.386 e.